The summed E-state index contributed by atoms with van der Waals surface area (Å²) >= 11 is 6.75. The van der Waals surface area contributed by atoms with E-state index in [1.807, 2.05) is 0 Å². The number of rotatable bonds is 13. The van der Waals surface area contributed by atoms with Crippen LogP contribution in [0.2, 0.25) is 5.02 Å². The maximum Gasteiger partial charge on any atom is 0.316 e. The van der Waals surface area contributed by atoms with Gasteiger partial charge in [0.2, 0.25) is 5.91 Å². The van der Waals surface area contributed by atoms with Crippen LogP contribution in [0.4, 0.5) is 0 Å². The molecule has 2 N–H and O–H groups in total. The van der Waals surface area contributed by atoms with E-state index < -0.39 is 5.66 Å². The summed E-state index contributed by atoms with van der Waals surface area (Å²) in [5.74, 6) is 2.20. The molecule has 9 heteroatoms. The number of nitrogens with zero attached hydrogens (tertiary/aromatic N) is 4. The van der Waals surface area contributed by atoms with E-state index in [1.165, 1.54) is 12.8 Å². The second kappa shape index (κ2) is 14.0. The monoisotopic (exact) mass is 617 g/mol. The number of halogens is 1. The average molecular weight is 618 g/mol. The van der Waals surface area contributed by atoms with E-state index in [2.05, 4.69) is 58.9 Å². The third kappa shape index (κ3) is 7.00. The van der Waals surface area contributed by atoms with Crippen molar-refractivity contribution in [2.75, 3.05) is 13.1 Å². The van der Waals surface area contributed by atoms with E-state index in [0.29, 0.717) is 39.8 Å². The lowest BCUT2D eigenvalue weighted by molar-refractivity contribution is -0.918. The molecule has 4 rings (SSSR count). The maximum absolute atomic E-state index is 14.5. The Bertz CT molecular complexity index is 1220. The molecule has 1 aliphatic carbocycles. The molecule has 2 aliphatic rings. The summed E-state index contributed by atoms with van der Waals surface area (Å²) in [6.07, 6.45) is 12.9. The van der Waals surface area contributed by atoms with E-state index in [-0.39, 0.29) is 23.1 Å². The molecule has 2 aromatic heterocycles. The number of aromatic amines is 1. The summed E-state index contributed by atoms with van der Waals surface area (Å²) in [4.78, 5) is 32.7. The zero-order chi connectivity index (χ0) is 31.4. The molecule has 0 bridgehead atoms. The zero-order valence-corrected chi connectivity index (χ0v) is 28.8. The van der Waals surface area contributed by atoms with Crippen LogP contribution >= 0.6 is 11.6 Å². The van der Waals surface area contributed by atoms with E-state index in [0.717, 1.165) is 88.8 Å². The average Bonchev–Trinajstić information content (AvgIpc) is 3.52. The van der Waals surface area contributed by atoms with Gasteiger partial charge in [-0.05, 0) is 38.5 Å². The topological polar surface area (TPSA) is 92.1 Å². The van der Waals surface area contributed by atoms with Gasteiger partial charge in [-0.2, -0.15) is 4.63 Å². The molecule has 1 saturated carbocycles. The summed E-state index contributed by atoms with van der Waals surface area (Å²) in [5, 5.41) is 12.4. The Morgan fingerprint density at radius 1 is 0.977 bits per heavy atom. The first-order chi connectivity index (χ1) is 20.4. The zero-order valence-electron chi connectivity index (χ0n) is 28.0. The van der Waals surface area contributed by atoms with Crippen molar-refractivity contribution in [3.05, 3.63) is 16.5 Å². The van der Waals surface area contributed by atoms with Crippen molar-refractivity contribution in [1.29, 1.82) is 0 Å². The Balaban J connectivity index is 1.69. The molecular formula is C34H58ClN6O2+. The van der Waals surface area contributed by atoms with Crippen LogP contribution in [0.25, 0.3) is 5.65 Å². The molecule has 0 aromatic carbocycles. The Hall–Kier alpha value is -1.93. The number of carbonyl (C=O) groups is 2. The first-order valence-corrected chi connectivity index (χ1v) is 17.7. The molecule has 2 amide bonds. The van der Waals surface area contributed by atoms with Gasteiger partial charge >= 0.3 is 5.91 Å². The lowest BCUT2D eigenvalue weighted by atomic mass is 9.77. The summed E-state index contributed by atoms with van der Waals surface area (Å²) in [6, 6.07) is 0. The van der Waals surface area contributed by atoms with Gasteiger partial charge in [-0.15, -0.1) is 5.10 Å². The molecule has 2 fully saturated rings. The first kappa shape index (κ1) is 34.0. The molecule has 43 heavy (non-hydrogen) atoms. The van der Waals surface area contributed by atoms with Crippen LogP contribution in [-0.4, -0.2) is 54.9 Å². The molecule has 8 nitrogen and oxygen atoms in total. The van der Waals surface area contributed by atoms with Crippen LogP contribution in [0, 0.1) is 11.8 Å². The molecule has 2 atom stereocenters. The summed E-state index contributed by atoms with van der Waals surface area (Å²) in [6.45, 7) is 17.1. The predicted molar refractivity (Wildman–Crippen MR) is 174 cm³/mol. The van der Waals surface area contributed by atoms with Gasteiger partial charge in [0.1, 0.15) is 5.02 Å². The van der Waals surface area contributed by atoms with Crippen molar-refractivity contribution >= 4 is 29.1 Å². The Morgan fingerprint density at radius 2 is 1.56 bits per heavy atom. The molecule has 0 radical (unpaired) electrons. The molecule has 1 spiro atoms. The van der Waals surface area contributed by atoms with Gasteiger partial charge in [-0.1, -0.05) is 85.8 Å². The van der Waals surface area contributed by atoms with Crippen LogP contribution in [0.3, 0.4) is 0 Å². The summed E-state index contributed by atoms with van der Waals surface area (Å²) < 4.78 is 2.15. The largest absolute Gasteiger partial charge is 0.316 e. The van der Waals surface area contributed by atoms with Gasteiger partial charge in [-0.25, -0.2) is 14.3 Å². The molecule has 2 aromatic rings. The highest BCUT2D eigenvalue weighted by atomic mass is 35.5. The van der Waals surface area contributed by atoms with Gasteiger partial charge in [0.15, 0.2) is 17.1 Å². The lowest BCUT2D eigenvalue weighted by Crippen LogP contribution is -2.75. The van der Waals surface area contributed by atoms with Crippen molar-refractivity contribution in [2.45, 2.75) is 155 Å². The maximum atomic E-state index is 14.5. The number of quaternary nitrogens is 1. The van der Waals surface area contributed by atoms with Crippen molar-refractivity contribution in [2.24, 2.45) is 11.8 Å². The molecule has 1 aliphatic heterocycles. The third-order valence-electron chi connectivity index (χ3n) is 10.6. The molecule has 242 valence electrons. The fourth-order valence-electron chi connectivity index (χ4n) is 7.84. The van der Waals surface area contributed by atoms with Crippen LogP contribution in [0.5, 0.6) is 0 Å². The van der Waals surface area contributed by atoms with E-state index in [1.54, 1.807) is 4.63 Å². The lowest BCUT2D eigenvalue weighted by Gasteiger charge is -2.55. The van der Waals surface area contributed by atoms with Gasteiger partial charge < -0.3 is 5.32 Å². The highest BCUT2D eigenvalue weighted by Crippen LogP contribution is 2.46. The fourth-order valence-corrected chi connectivity index (χ4v) is 8.29. The number of nitrogens with one attached hydrogen (secondary N) is 2. The number of fused-ring (bicyclic) bond motifs is 1. The van der Waals surface area contributed by atoms with E-state index in [4.69, 9.17) is 21.7 Å². The summed E-state index contributed by atoms with van der Waals surface area (Å²) in [7, 11) is 0. The summed E-state index contributed by atoms with van der Waals surface area (Å²) in [5.41, 5.74) is 0.900. The van der Waals surface area contributed by atoms with Crippen molar-refractivity contribution < 1.29 is 14.1 Å². The minimum Gasteiger partial charge on any atom is -0.304 e. The van der Waals surface area contributed by atoms with Gasteiger partial charge in [0.05, 0.1) is 25.2 Å². The number of aromatic nitrogens is 4. The predicted octanol–water partition coefficient (Wildman–Crippen LogP) is 8.05. The van der Waals surface area contributed by atoms with E-state index in [9.17, 15) is 9.59 Å². The molecule has 2 unspecified atom stereocenters. The van der Waals surface area contributed by atoms with Crippen LogP contribution in [-0.2, 0) is 15.0 Å². The highest BCUT2D eigenvalue weighted by Gasteiger charge is 2.60. The highest BCUT2D eigenvalue weighted by molar-refractivity contribution is 6.34. The quantitative estimate of drug-likeness (QED) is 0.222. The second-order valence-electron chi connectivity index (χ2n) is 14.7. The number of hydrogen-bond donors (Lipinski definition) is 2. The molecule has 1 saturated heterocycles. The number of hydrogen-bond acceptors (Lipinski definition) is 4. The van der Waals surface area contributed by atoms with Gasteiger partial charge in [-0.3, -0.25) is 9.89 Å². The SMILES string of the molecule is CCCCC(CC)C[N+]1(CC(CC)CCCC)C(=O)CCC(=O)NC12CCC(c1nc3c(Cl)c(C(C)(C)C)[nH]n3n1)CC2. The first-order valence-electron chi connectivity index (χ1n) is 17.3. The number of amides is 2. The van der Waals surface area contributed by atoms with Crippen molar-refractivity contribution in [3.63, 3.8) is 0 Å². The Labute approximate surface area is 264 Å². The fraction of sp³-hybridized carbons (Fsp3) is 0.824. The number of carbonyl (C=O) groups excluding carboxylic acids is 2. The normalized spacial score (nSPS) is 26.6. The molecular weight excluding hydrogens is 560 g/mol. The van der Waals surface area contributed by atoms with Crippen LogP contribution in [0.1, 0.15) is 156 Å². The third-order valence-corrected chi connectivity index (χ3v) is 11.0. The van der Waals surface area contributed by atoms with Gasteiger partial charge in [0, 0.05) is 42.4 Å². The van der Waals surface area contributed by atoms with Crippen LogP contribution < -0.4 is 5.32 Å². The number of H-pyrrole nitrogens is 1. The standard InChI is InChI=1S/C34H57ClN6O2/c1-8-12-14-24(10-3)22-41(23-25(11-4)15-13-9-2)28(43)17-16-27(42)37-34(41)20-18-26(19-21-34)31-36-32-29(35)30(33(5,6)7)38-40(32)39-31/h24-26H,8-23H2,1-7H3,(H-,36,37,38,39,42)/p+1. The van der Waals surface area contributed by atoms with Crippen LogP contribution in [0.15, 0.2) is 0 Å². The van der Waals surface area contributed by atoms with Crippen molar-refractivity contribution in [1.82, 2.24) is 25.1 Å². The van der Waals surface area contributed by atoms with E-state index >= 15 is 0 Å². The van der Waals surface area contributed by atoms with Gasteiger partial charge in [0.25, 0.3) is 0 Å². The minimum atomic E-state index is -0.571. The Kier molecular flexibility index (Phi) is 11.1. The number of unbranched alkanes of at least 4 members (excludes halogenated alkanes) is 2. The van der Waals surface area contributed by atoms with Crippen molar-refractivity contribution in [3.8, 4) is 0 Å². The smallest absolute Gasteiger partial charge is 0.304 e. The molecule has 3 heterocycles. The minimum absolute atomic E-state index is 0.0323. The Morgan fingerprint density at radius 3 is 2.05 bits per heavy atom. The second-order valence-corrected chi connectivity index (χ2v) is 15.0.